The van der Waals surface area contributed by atoms with E-state index in [1.165, 1.54) is 17.0 Å². The first kappa shape index (κ1) is 20.0. The zero-order valence-electron chi connectivity index (χ0n) is 15.7. The Morgan fingerprint density at radius 1 is 1.20 bits per heavy atom. The second kappa shape index (κ2) is 7.49. The maximum absolute atomic E-state index is 15.7. The fourth-order valence-electron chi connectivity index (χ4n) is 3.88. The number of aromatic nitrogens is 1. The summed E-state index contributed by atoms with van der Waals surface area (Å²) in [7, 11) is 0. The summed E-state index contributed by atoms with van der Waals surface area (Å²) in [6.07, 6.45) is 1.65. The van der Waals surface area contributed by atoms with Crippen LogP contribution in [0.25, 0.3) is 16.6 Å². The van der Waals surface area contributed by atoms with E-state index in [-0.39, 0.29) is 22.8 Å². The third kappa shape index (κ3) is 3.21. The van der Waals surface area contributed by atoms with Crippen LogP contribution < -0.4 is 16.1 Å². The summed E-state index contributed by atoms with van der Waals surface area (Å²) in [4.78, 5) is 25.7. The van der Waals surface area contributed by atoms with Crippen molar-refractivity contribution in [2.45, 2.75) is 6.42 Å². The summed E-state index contributed by atoms with van der Waals surface area (Å²) in [6, 6.07) is 5.72. The Morgan fingerprint density at radius 2 is 1.90 bits per heavy atom. The van der Waals surface area contributed by atoms with Gasteiger partial charge in [-0.3, -0.25) is 4.79 Å². The summed E-state index contributed by atoms with van der Waals surface area (Å²) in [6.45, 7) is 1.15. The van der Waals surface area contributed by atoms with E-state index in [4.69, 9.17) is 5.73 Å². The molecule has 2 heterocycles. The van der Waals surface area contributed by atoms with Gasteiger partial charge in [-0.05, 0) is 49.2 Å². The van der Waals surface area contributed by atoms with Gasteiger partial charge in [0.25, 0.3) is 0 Å². The van der Waals surface area contributed by atoms with Gasteiger partial charge in [0.05, 0.1) is 10.9 Å². The SMILES string of the molecule is NCC1CCN(c2c(F)cc3c(=O)c(C(=O)O)cn(-c4ccc(F)cc4)c3c2F)C1. The lowest BCUT2D eigenvalue weighted by molar-refractivity contribution is 0.0695. The van der Waals surface area contributed by atoms with Crippen LogP contribution in [0.5, 0.6) is 0 Å². The Bertz CT molecular complexity index is 1210. The Kier molecular flexibility index (Phi) is 4.98. The number of rotatable bonds is 4. The quantitative estimate of drug-likeness (QED) is 0.682. The van der Waals surface area contributed by atoms with Gasteiger partial charge in [0.15, 0.2) is 5.82 Å². The summed E-state index contributed by atoms with van der Waals surface area (Å²) in [5.41, 5.74) is 3.68. The van der Waals surface area contributed by atoms with Gasteiger partial charge in [0.2, 0.25) is 5.43 Å². The van der Waals surface area contributed by atoms with Crippen LogP contribution in [-0.2, 0) is 0 Å². The van der Waals surface area contributed by atoms with Crippen molar-refractivity contribution < 1.29 is 23.1 Å². The third-order valence-corrected chi connectivity index (χ3v) is 5.43. The first-order valence-corrected chi connectivity index (χ1v) is 9.33. The van der Waals surface area contributed by atoms with Crippen LogP contribution in [0.2, 0.25) is 0 Å². The van der Waals surface area contributed by atoms with E-state index in [1.807, 2.05) is 0 Å². The van der Waals surface area contributed by atoms with Crippen LogP contribution in [0.3, 0.4) is 0 Å². The molecule has 1 saturated heterocycles. The van der Waals surface area contributed by atoms with E-state index in [2.05, 4.69) is 0 Å². The molecule has 1 unspecified atom stereocenters. The van der Waals surface area contributed by atoms with Crippen molar-refractivity contribution in [1.82, 2.24) is 4.57 Å². The Hall–Kier alpha value is -3.33. The smallest absolute Gasteiger partial charge is 0.341 e. The van der Waals surface area contributed by atoms with Crippen LogP contribution in [0.15, 0.2) is 41.3 Å². The summed E-state index contributed by atoms with van der Waals surface area (Å²) in [5.74, 6) is -3.93. The molecule has 3 N–H and O–H groups in total. The topological polar surface area (TPSA) is 88.6 Å². The number of hydrogen-bond acceptors (Lipinski definition) is 4. The number of fused-ring (bicyclic) bond motifs is 1. The van der Waals surface area contributed by atoms with Crippen LogP contribution >= 0.6 is 0 Å². The molecule has 9 heteroatoms. The van der Waals surface area contributed by atoms with E-state index in [0.29, 0.717) is 26.1 Å². The fourth-order valence-corrected chi connectivity index (χ4v) is 3.88. The minimum absolute atomic E-state index is 0.0909. The molecular weight excluding hydrogens is 399 g/mol. The number of carbonyl (C=O) groups is 1. The van der Waals surface area contributed by atoms with E-state index < -0.39 is 39.8 Å². The summed E-state index contributed by atoms with van der Waals surface area (Å²) < 4.78 is 45.1. The molecule has 0 amide bonds. The molecule has 1 aliphatic heterocycles. The van der Waals surface area contributed by atoms with Gasteiger partial charge in [0, 0.05) is 25.0 Å². The lowest BCUT2D eigenvalue weighted by atomic mass is 10.1. The fraction of sp³-hybridized carbons (Fsp3) is 0.238. The molecule has 6 nitrogen and oxygen atoms in total. The summed E-state index contributed by atoms with van der Waals surface area (Å²) in [5, 5.41) is 8.97. The molecule has 0 spiro atoms. The van der Waals surface area contributed by atoms with Gasteiger partial charge in [-0.15, -0.1) is 0 Å². The number of nitrogens with two attached hydrogens (primary N) is 1. The largest absolute Gasteiger partial charge is 0.477 e. The number of nitrogens with zero attached hydrogens (tertiary/aromatic N) is 2. The number of anilines is 1. The standard InChI is InChI=1S/C21H18F3N3O3/c22-12-1-3-13(4-2-12)27-10-15(21(29)30)20(28)14-7-16(23)19(17(24)18(14)27)26-6-5-11(8-25)9-26/h1-4,7,10-11H,5-6,8-9,25H2,(H,29,30). The van der Waals surface area contributed by atoms with Crippen LogP contribution in [0.1, 0.15) is 16.8 Å². The molecule has 3 aromatic rings. The van der Waals surface area contributed by atoms with E-state index in [0.717, 1.165) is 29.0 Å². The Labute approximate surface area is 168 Å². The van der Waals surface area contributed by atoms with Crippen LogP contribution in [0, 0.1) is 23.4 Å². The maximum atomic E-state index is 15.7. The molecule has 1 fully saturated rings. The molecular formula is C21H18F3N3O3. The van der Waals surface area contributed by atoms with Gasteiger partial charge in [-0.2, -0.15) is 0 Å². The highest BCUT2D eigenvalue weighted by Gasteiger charge is 2.29. The van der Waals surface area contributed by atoms with Crippen molar-refractivity contribution in [2.75, 3.05) is 24.5 Å². The van der Waals surface area contributed by atoms with Crippen molar-refractivity contribution >= 4 is 22.6 Å². The zero-order chi connectivity index (χ0) is 21.6. The molecule has 4 rings (SSSR count). The van der Waals surface area contributed by atoms with Gasteiger partial charge in [-0.1, -0.05) is 0 Å². The normalized spacial score (nSPS) is 16.4. The van der Waals surface area contributed by atoms with Gasteiger partial charge >= 0.3 is 5.97 Å². The number of benzene rings is 2. The average molecular weight is 417 g/mol. The monoisotopic (exact) mass is 417 g/mol. The molecule has 1 atom stereocenters. The molecule has 0 saturated carbocycles. The highest BCUT2D eigenvalue weighted by molar-refractivity contribution is 5.94. The molecule has 0 radical (unpaired) electrons. The lowest BCUT2D eigenvalue weighted by Crippen LogP contribution is -2.26. The highest BCUT2D eigenvalue weighted by Crippen LogP contribution is 2.34. The Morgan fingerprint density at radius 3 is 2.50 bits per heavy atom. The average Bonchev–Trinajstić information content (AvgIpc) is 3.18. The molecule has 30 heavy (non-hydrogen) atoms. The van der Waals surface area contributed by atoms with Gasteiger partial charge in [-0.25, -0.2) is 18.0 Å². The van der Waals surface area contributed by atoms with Crippen molar-refractivity contribution in [2.24, 2.45) is 11.7 Å². The number of carboxylic acids is 1. The molecule has 1 aliphatic rings. The zero-order valence-corrected chi connectivity index (χ0v) is 15.7. The number of halogens is 3. The predicted molar refractivity (Wildman–Crippen MR) is 106 cm³/mol. The molecule has 0 aliphatic carbocycles. The Balaban J connectivity index is 2.04. The summed E-state index contributed by atoms with van der Waals surface area (Å²) >= 11 is 0. The number of hydrogen-bond donors (Lipinski definition) is 2. The van der Waals surface area contributed by atoms with E-state index >= 15 is 4.39 Å². The van der Waals surface area contributed by atoms with Gasteiger partial charge < -0.3 is 20.3 Å². The second-order valence-corrected chi connectivity index (χ2v) is 7.28. The minimum atomic E-state index is -1.53. The molecule has 1 aromatic heterocycles. The molecule has 0 bridgehead atoms. The van der Waals surface area contributed by atoms with Crippen molar-refractivity contribution in [3.05, 3.63) is 69.8 Å². The molecule has 156 valence electrons. The van der Waals surface area contributed by atoms with Gasteiger partial charge in [0.1, 0.15) is 22.9 Å². The van der Waals surface area contributed by atoms with Crippen LogP contribution in [-0.4, -0.2) is 35.3 Å². The van der Waals surface area contributed by atoms with Crippen molar-refractivity contribution in [3.8, 4) is 5.69 Å². The third-order valence-electron chi connectivity index (χ3n) is 5.43. The first-order chi connectivity index (χ1) is 14.3. The van der Waals surface area contributed by atoms with Crippen molar-refractivity contribution in [1.29, 1.82) is 0 Å². The molecule has 2 aromatic carbocycles. The lowest BCUT2D eigenvalue weighted by Gasteiger charge is -2.22. The highest BCUT2D eigenvalue weighted by atomic mass is 19.1. The predicted octanol–water partition coefficient (Wildman–Crippen LogP) is 2.89. The van der Waals surface area contributed by atoms with E-state index in [1.54, 1.807) is 0 Å². The maximum Gasteiger partial charge on any atom is 0.341 e. The van der Waals surface area contributed by atoms with Crippen molar-refractivity contribution in [3.63, 3.8) is 0 Å². The first-order valence-electron chi connectivity index (χ1n) is 9.33. The second-order valence-electron chi connectivity index (χ2n) is 7.28. The number of pyridine rings is 1. The minimum Gasteiger partial charge on any atom is -0.477 e. The number of carboxylic acid groups (broad SMARTS) is 1. The number of aromatic carboxylic acids is 1. The van der Waals surface area contributed by atoms with E-state index in [9.17, 15) is 23.5 Å². The van der Waals surface area contributed by atoms with Crippen LogP contribution in [0.4, 0.5) is 18.9 Å².